The molecular formula is C12H14N2O2. The van der Waals surface area contributed by atoms with E-state index in [1.807, 2.05) is 37.3 Å². The molecule has 1 aromatic carbocycles. The lowest BCUT2D eigenvalue weighted by atomic mass is 10.1. The van der Waals surface area contributed by atoms with Gasteiger partial charge in [-0.25, -0.2) is 0 Å². The first-order valence-electron chi connectivity index (χ1n) is 5.32. The van der Waals surface area contributed by atoms with Crippen molar-refractivity contribution in [1.82, 2.24) is 5.32 Å². The highest BCUT2D eigenvalue weighted by molar-refractivity contribution is 6.06. The molecule has 1 atom stereocenters. The van der Waals surface area contributed by atoms with E-state index >= 15 is 0 Å². The number of nitrogens with one attached hydrogen (secondary N) is 1. The van der Waals surface area contributed by atoms with E-state index in [9.17, 15) is 4.79 Å². The molecule has 2 rings (SSSR count). The van der Waals surface area contributed by atoms with Gasteiger partial charge in [0, 0.05) is 6.61 Å². The van der Waals surface area contributed by atoms with Crippen LogP contribution in [0.3, 0.4) is 0 Å². The Morgan fingerprint density at radius 3 is 2.75 bits per heavy atom. The van der Waals surface area contributed by atoms with Crippen LogP contribution in [0, 0.1) is 0 Å². The number of aliphatic imine (C=N–C) groups is 1. The van der Waals surface area contributed by atoms with Crippen LogP contribution in [-0.2, 0) is 9.53 Å². The van der Waals surface area contributed by atoms with Gasteiger partial charge in [0.05, 0.1) is 0 Å². The Hall–Kier alpha value is -1.68. The minimum atomic E-state index is -0.266. The topological polar surface area (TPSA) is 50.7 Å². The van der Waals surface area contributed by atoms with Gasteiger partial charge >= 0.3 is 0 Å². The normalized spacial score (nSPS) is 16.8. The highest BCUT2D eigenvalue weighted by atomic mass is 16.5. The molecule has 1 heterocycles. The van der Waals surface area contributed by atoms with Crippen molar-refractivity contribution >= 4 is 11.7 Å². The number of rotatable bonds is 4. The van der Waals surface area contributed by atoms with E-state index in [0.29, 0.717) is 12.4 Å². The first-order chi connectivity index (χ1) is 7.81. The molecule has 1 aliphatic heterocycles. The van der Waals surface area contributed by atoms with E-state index in [1.54, 1.807) is 0 Å². The van der Waals surface area contributed by atoms with Crippen molar-refractivity contribution in [2.75, 3.05) is 13.2 Å². The summed E-state index contributed by atoms with van der Waals surface area (Å²) >= 11 is 0. The molecule has 0 aromatic heterocycles. The van der Waals surface area contributed by atoms with E-state index in [-0.39, 0.29) is 18.6 Å². The smallest absolute Gasteiger partial charge is 0.247 e. The molecule has 0 fully saturated rings. The summed E-state index contributed by atoms with van der Waals surface area (Å²) in [6.07, 6.45) is -0.266. The van der Waals surface area contributed by atoms with Gasteiger partial charge in [0.15, 0.2) is 0 Å². The van der Waals surface area contributed by atoms with Crippen LogP contribution < -0.4 is 5.32 Å². The Labute approximate surface area is 94.3 Å². The van der Waals surface area contributed by atoms with Gasteiger partial charge in [0.2, 0.25) is 5.91 Å². The van der Waals surface area contributed by atoms with Crippen molar-refractivity contribution in [2.24, 2.45) is 4.99 Å². The van der Waals surface area contributed by atoms with Crippen LogP contribution in [0.4, 0.5) is 0 Å². The molecule has 1 aromatic rings. The van der Waals surface area contributed by atoms with Gasteiger partial charge in [-0.15, -0.1) is 0 Å². The maximum Gasteiger partial charge on any atom is 0.247 e. The van der Waals surface area contributed by atoms with Crippen molar-refractivity contribution < 1.29 is 9.53 Å². The first kappa shape index (κ1) is 10.8. The van der Waals surface area contributed by atoms with Crippen molar-refractivity contribution in [1.29, 1.82) is 0 Å². The van der Waals surface area contributed by atoms with Gasteiger partial charge in [0.1, 0.15) is 18.5 Å². The fourth-order valence-corrected chi connectivity index (χ4v) is 1.65. The molecule has 4 heteroatoms. The zero-order valence-electron chi connectivity index (χ0n) is 9.14. The SMILES string of the molecule is CCOC(C1=NCC(=O)N1)c1ccccc1. The van der Waals surface area contributed by atoms with Crippen molar-refractivity contribution in [3.63, 3.8) is 0 Å². The summed E-state index contributed by atoms with van der Waals surface area (Å²) in [6.45, 7) is 2.70. The zero-order chi connectivity index (χ0) is 11.4. The second-order valence-corrected chi connectivity index (χ2v) is 3.50. The van der Waals surface area contributed by atoms with Crippen LogP contribution in [0.15, 0.2) is 35.3 Å². The average molecular weight is 218 g/mol. The highest BCUT2D eigenvalue weighted by Crippen LogP contribution is 2.19. The molecule has 0 bridgehead atoms. The molecule has 16 heavy (non-hydrogen) atoms. The monoisotopic (exact) mass is 218 g/mol. The fraction of sp³-hybridized carbons (Fsp3) is 0.333. The number of ether oxygens (including phenoxy) is 1. The Morgan fingerprint density at radius 1 is 1.44 bits per heavy atom. The van der Waals surface area contributed by atoms with E-state index in [0.717, 1.165) is 5.56 Å². The molecule has 84 valence electrons. The quantitative estimate of drug-likeness (QED) is 0.828. The predicted octanol–water partition coefficient (Wildman–Crippen LogP) is 1.29. The van der Waals surface area contributed by atoms with Gasteiger partial charge in [-0.2, -0.15) is 0 Å². The van der Waals surface area contributed by atoms with Gasteiger partial charge in [-0.1, -0.05) is 30.3 Å². The summed E-state index contributed by atoms with van der Waals surface area (Å²) < 4.78 is 5.61. The number of hydrogen-bond acceptors (Lipinski definition) is 3. The summed E-state index contributed by atoms with van der Waals surface area (Å²) in [5.74, 6) is 0.536. The van der Waals surface area contributed by atoms with Crippen LogP contribution in [0.25, 0.3) is 0 Å². The maximum atomic E-state index is 11.1. The van der Waals surface area contributed by atoms with Gasteiger partial charge in [0.25, 0.3) is 0 Å². The molecule has 0 aliphatic carbocycles. The number of carbonyl (C=O) groups excluding carboxylic acids is 1. The fourth-order valence-electron chi connectivity index (χ4n) is 1.65. The van der Waals surface area contributed by atoms with Gasteiger partial charge in [-0.05, 0) is 12.5 Å². The number of amides is 1. The summed E-state index contributed by atoms with van der Waals surface area (Å²) in [4.78, 5) is 15.3. The lowest BCUT2D eigenvalue weighted by molar-refractivity contribution is -0.117. The van der Waals surface area contributed by atoms with Crippen LogP contribution in [0.1, 0.15) is 18.6 Å². The Bertz CT molecular complexity index is 401. The van der Waals surface area contributed by atoms with Gasteiger partial charge in [-0.3, -0.25) is 9.79 Å². The number of carbonyl (C=O) groups is 1. The Balaban J connectivity index is 2.21. The molecule has 0 saturated carbocycles. The maximum absolute atomic E-state index is 11.1. The molecular weight excluding hydrogens is 204 g/mol. The summed E-state index contributed by atoms with van der Waals surface area (Å²) in [5, 5.41) is 2.72. The second kappa shape index (κ2) is 4.90. The minimum absolute atomic E-state index is 0.0735. The van der Waals surface area contributed by atoms with E-state index in [4.69, 9.17) is 4.74 Å². The van der Waals surface area contributed by atoms with E-state index < -0.39 is 0 Å². The van der Waals surface area contributed by atoms with Crippen molar-refractivity contribution in [3.8, 4) is 0 Å². The summed E-state index contributed by atoms with van der Waals surface area (Å²) in [7, 11) is 0. The summed E-state index contributed by atoms with van der Waals surface area (Å²) in [5.41, 5.74) is 1.00. The third-order valence-electron chi connectivity index (χ3n) is 2.34. The van der Waals surface area contributed by atoms with Crippen LogP contribution in [0.5, 0.6) is 0 Å². The Morgan fingerprint density at radius 2 is 2.19 bits per heavy atom. The number of benzene rings is 1. The standard InChI is InChI=1S/C12H14N2O2/c1-2-16-11(9-6-4-3-5-7-9)12-13-8-10(15)14-12/h3-7,11H,2,8H2,1H3,(H,13,14,15). The van der Waals surface area contributed by atoms with E-state index in [1.165, 1.54) is 0 Å². The third-order valence-corrected chi connectivity index (χ3v) is 2.34. The number of amidine groups is 1. The van der Waals surface area contributed by atoms with Gasteiger partial charge < -0.3 is 10.1 Å². The van der Waals surface area contributed by atoms with E-state index in [2.05, 4.69) is 10.3 Å². The molecule has 4 nitrogen and oxygen atoms in total. The van der Waals surface area contributed by atoms with Crippen molar-refractivity contribution in [3.05, 3.63) is 35.9 Å². The molecule has 1 N–H and O–H groups in total. The molecule has 1 aliphatic rings. The summed E-state index contributed by atoms with van der Waals surface area (Å²) in [6, 6.07) is 9.76. The minimum Gasteiger partial charge on any atom is -0.366 e. The molecule has 0 spiro atoms. The largest absolute Gasteiger partial charge is 0.366 e. The first-order valence-corrected chi connectivity index (χ1v) is 5.32. The van der Waals surface area contributed by atoms with Crippen LogP contribution >= 0.6 is 0 Å². The second-order valence-electron chi connectivity index (χ2n) is 3.50. The van der Waals surface area contributed by atoms with Crippen LogP contribution in [0.2, 0.25) is 0 Å². The number of nitrogens with zero attached hydrogens (tertiary/aromatic N) is 1. The lowest BCUT2D eigenvalue weighted by Gasteiger charge is -2.17. The average Bonchev–Trinajstić information content (AvgIpc) is 2.74. The third kappa shape index (κ3) is 2.28. The van der Waals surface area contributed by atoms with Crippen LogP contribution in [-0.4, -0.2) is 24.9 Å². The molecule has 1 unspecified atom stereocenters. The highest BCUT2D eigenvalue weighted by Gasteiger charge is 2.24. The van der Waals surface area contributed by atoms with Crippen molar-refractivity contribution in [2.45, 2.75) is 13.0 Å². The Kier molecular flexibility index (Phi) is 3.31. The zero-order valence-corrected chi connectivity index (χ0v) is 9.14. The molecule has 1 amide bonds. The lowest BCUT2D eigenvalue weighted by Crippen LogP contribution is -2.30. The molecule has 0 radical (unpaired) electrons. The number of hydrogen-bond donors (Lipinski definition) is 1. The predicted molar refractivity (Wildman–Crippen MR) is 61.3 cm³/mol. The molecule has 0 saturated heterocycles.